The Bertz CT molecular complexity index is 362. The van der Waals surface area contributed by atoms with Crippen molar-refractivity contribution in [3.63, 3.8) is 0 Å². The second-order valence-electron chi connectivity index (χ2n) is 4.89. The van der Waals surface area contributed by atoms with Crippen LogP contribution in [0.2, 0.25) is 0 Å². The molecule has 0 aromatic carbocycles. The SMILES string of the molecule is CC(C)c1nc(N)cc(N(C)CCN(C)C)n1. The van der Waals surface area contributed by atoms with Crippen LogP contribution in [0.15, 0.2) is 6.07 Å². The molecular formula is C12H23N5. The van der Waals surface area contributed by atoms with Crippen LogP contribution in [-0.2, 0) is 0 Å². The third-order valence-corrected chi connectivity index (χ3v) is 2.54. The highest BCUT2D eigenvalue weighted by Gasteiger charge is 2.09. The van der Waals surface area contributed by atoms with E-state index >= 15 is 0 Å². The molecule has 0 saturated heterocycles. The summed E-state index contributed by atoms with van der Waals surface area (Å²) in [6, 6.07) is 1.82. The van der Waals surface area contributed by atoms with Crippen molar-refractivity contribution < 1.29 is 0 Å². The van der Waals surface area contributed by atoms with Gasteiger partial charge in [-0.3, -0.25) is 0 Å². The first kappa shape index (κ1) is 13.7. The predicted octanol–water partition coefficient (Wildman–Crippen LogP) is 1.18. The van der Waals surface area contributed by atoms with Gasteiger partial charge in [0, 0.05) is 32.1 Å². The van der Waals surface area contributed by atoms with Crippen molar-refractivity contribution in [3.05, 3.63) is 11.9 Å². The molecular weight excluding hydrogens is 214 g/mol. The highest BCUT2D eigenvalue weighted by Crippen LogP contribution is 2.17. The van der Waals surface area contributed by atoms with E-state index in [0.29, 0.717) is 11.7 Å². The number of nitrogen functional groups attached to an aromatic ring is 1. The zero-order valence-corrected chi connectivity index (χ0v) is 11.4. The molecule has 5 nitrogen and oxygen atoms in total. The average Bonchev–Trinajstić information content (AvgIpc) is 2.24. The van der Waals surface area contributed by atoms with E-state index in [1.54, 1.807) is 0 Å². The number of anilines is 2. The van der Waals surface area contributed by atoms with Crippen molar-refractivity contribution in [1.82, 2.24) is 14.9 Å². The first-order valence-electron chi connectivity index (χ1n) is 5.90. The zero-order chi connectivity index (χ0) is 13.0. The van der Waals surface area contributed by atoms with Gasteiger partial charge in [0.2, 0.25) is 0 Å². The summed E-state index contributed by atoms with van der Waals surface area (Å²) in [6.45, 7) is 6.04. The van der Waals surface area contributed by atoms with Crippen LogP contribution in [-0.4, -0.2) is 49.1 Å². The molecule has 1 heterocycles. The van der Waals surface area contributed by atoms with E-state index in [9.17, 15) is 0 Å². The minimum atomic E-state index is 0.291. The molecule has 1 rings (SSSR count). The van der Waals surface area contributed by atoms with Gasteiger partial charge < -0.3 is 15.5 Å². The summed E-state index contributed by atoms with van der Waals surface area (Å²) in [6.07, 6.45) is 0. The summed E-state index contributed by atoms with van der Waals surface area (Å²) in [7, 11) is 6.14. The van der Waals surface area contributed by atoms with Crippen LogP contribution in [0.4, 0.5) is 11.6 Å². The number of aromatic nitrogens is 2. The number of nitrogens with zero attached hydrogens (tertiary/aromatic N) is 4. The maximum absolute atomic E-state index is 5.80. The fourth-order valence-corrected chi connectivity index (χ4v) is 1.39. The molecule has 0 spiro atoms. The van der Waals surface area contributed by atoms with Crippen LogP contribution in [0.25, 0.3) is 0 Å². The van der Waals surface area contributed by atoms with Crippen LogP contribution < -0.4 is 10.6 Å². The van der Waals surface area contributed by atoms with Crippen molar-refractivity contribution in [2.75, 3.05) is 44.9 Å². The van der Waals surface area contributed by atoms with Crippen LogP contribution in [0.5, 0.6) is 0 Å². The molecule has 1 aromatic heterocycles. The summed E-state index contributed by atoms with van der Waals surface area (Å²) in [5.74, 6) is 2.52. The highest BCUT2D eigenvalue weighted by molar-refractivity contribution is 5.46. The molecule has 0 aliphatic rings. The van der Waals surface area contributed by atoms with Gasteiger partial charge in [0.15, 0.2) is 0 Å². The molecule has 5 heteroatoms. The number of nitrogens with two attached hydrogens (primary N) is 1. The molecule has 96 valence electrons. The second kappa shape index (κ2) is 5.82. The Hall–Kier alpha value is -1.36. The molecule has 0 fully saturated rings. The molecule has 2 N–H and O–H groups in total. The van der Waals surface area contributed by atoms with Gasteiger partial charge in [-0.05, 0) is 14.1 Å². The third-order valence-electron chi connectivity index (χ3n) is 2.54. The van der Waals surface area contributed by atoms with E-state index in [0.717, 1.165) is 24.7 Å². The first-order valence-corrected chi connectivity index (χ1v) is 5.90. The zero-order valence-electron chi connectivity index (χ0n) is 11.4. The molecule has 0 radical (unpaired) electrons. The summed E-state index contributed by atoms with van der Waals surface area (Å²) in [5.41, 5.74) is 5.80. The van der Waals surface area contributed by atoms with Gasteiger partial charge in [-0.2, -0.15) is 0 Å². The van der Waals surface area contributed by atoms with Gasteiger partial charge in [-0.15, -0.1) is 0 Å². The molecule has 0 amide bonds. The van der Waals surface area contributed by atoms with E-state index in [4.69, 9.17) is 5.73 Å². The van der Waals surface area contributed by atoms with Gasteiger partial charge in [0.1, 0.15) is 17.5 Å². The van der Waals surface area contributed by atoms with Crippen molar-refractivity contribution in [1.29, 1.82) is 0 Å². The van der Waals surface area contributed by atoms with Crippen LogP contribution >= 0.6 is 0 Å². The lowest BCUT2D eigenvalue weighted by atomic mass is 10.2. The number of rotatable bonds is 5. The maximum Gasteiger partial charge on any atom is 0.135 e. The highest BCUT2D eigenvalue weighted by atomic mass is 15.2. The summed E-state index contributed by atoms with van der Waals surface area (Å²) < 4.78 is 0. The van der Waals surface area contributed by atoms with E-state index in [1.165, 1.54) is 0 Å². The van der Waals surface area contributed by atoms with Gasteiger partial charge in [0.25, 0.3) is 0 Å². The topological polar surface area (TPSA) is 58.3 Å². The molecule has 0 aliphatic carbocycles. The molecule has 0 atom stereocenters. The molecule has 1 aromatic rings. The van der Waals surface area contributed by atoms with Crippen molar-refractivity contribution in [2.24, 2.45) is 0 Å². The van der Waals surface area contributed by atoms with E-state index < -0.39 is 0 Å². The Morgan fingerprint density at radius 3 is 2.35 bits per heavy atom. The van der Waals surface area contributed by atoms with Crippen LogP contribution in [0.1, 0.15) is 25.6 Å². The van der Waals surface area contributed by atoms with Gasteiger partial charge in [-0.25, -0.2) is 9.97 Å². The normalized spacial score (nSPS) is 11.2. The summed E-state index contributed by atoms with van der Waals surface area (Å²) in [4.78, 5) is 13.0. The minimum Gasteiger partial charge on any atom is -0.384 e. The first-order chi connectivity index (χ1) is 7.90. The predicted molar refractivity (Wildman–Crippen MR) is 72.4 cm³/mol. The average molecular weight is 237 g/mol. The summed E-state index contributed by atoms with van der Waals surface area (Å²) >= 11 is 0. The van der Waals surface area contributed by atoms with E-state index in [2.05, 4.69) is 47.7 Å². The van der Waals surface area contributed by atoms with Gasteiger partial charge in [-0.1, -0.05) is 13.8 Å². The number of likely N-dealkylation sites (N-methyl/N-ethyl adjacent to an activating group) is 2. The lowest BCUT2D eigenvalue weighted by molar-refractivity contribution is 0.416. The number of hydrogen-bond acceptors (Lipinski definition) is 5. The molecule has 17 heavy (non-hydrogen) atoms. The Morgan fingerprint density at radius 2 is 1.82 bits per heavy atom. The minimum absolute atomic E-state index is 0.291. The van der Waals surface area contributed by atoms with Crippen molar-refractivity contribution in [2.45, 2.75) is 19.8 Å². The molecule has 0 saturated carbocycles. The molecule has 0 aliphatic heterocycles. The molecule has 0 bridgehead atoms. The van der Waals surface area contributed by atoms with Gasteiger partial charge >= 0.3 is 0 Å². The monoisotopic (exact) mass is 237 g/mol. The Morgan fingerprint density at radius 1 is 1.18 bits per heavy atom. The Labute approximate surface area is 104 Å². The maximum atomic E-state index is 5.80. The standard InChI is InChI=1S/C12H23N5/c1-9(2)12-14-10(13)8-11(15-12)17(5)7-6-16(3)4/h8-9H,6-7H2,1-5H3,(H2,13,14,15). The Kier molecular flexibility index (Phi) is 4.69. The fraction of sp³-hybridized carbons (Fsp3) is 0.667. The molecule has 0 unspecified atom stereocenters. The second-order valence-corrected chi connectivity index (χ2v) is 4.89. The van der Waals surface area contributed by atoms with Gasteiger partial charge in [0.05, 0.1) is 0 Å². The third kappa shape index (κ3) is 4.19. The van der Waals surface area contributed by atoms with Crippen LogP contribution in [0, 0.1) is 0 Å². The largest absolute Gasteiger partial charge is 0.384 e. The van der Waals surface area contributed by atoms with E-state index in [1.807, 2.05) is 13.1 Å². The quantitative estimate of drug-likeness (QED) is 0.833. The summed E-state index contributed by atoms with van der Waals surface area (Å²) in [5, 5.41) is 0. The lowest BCUT2D eigenvalue weighted by Crippen LogP contribution is -2.29. The number of hydrogen-bond donors (Lipinski definition) is 1. The van der Waals surface area contributed by atoms with Crippen molar-refractivity contribution >= 4 is 11.6 Å². The fourth-order valence-electron chi connectivity index (χ4n) is 1.39. The van der Waals surface area contributed by atoms with Crippen LogP contribution in [0.3, 0.4) is 0 Å². The Balaban J connectivity index is 2.82. The van der Waals surface area contributed by atoms with Crippen molar-refractivity contribution in [3.8, 4) is 0 Å². The van der Waals surface area contributed by atoms with E-state index in [-0.39, 0.29) is 0 Å². The lowest BCUT2D eigenvalue weighted by Gasteiger charge is -2.21. The smallest absolute Gasteiger partial charge is 0.135 e.